The Balaban J connectivity index is 1.28. The second kappa shape index (κ2) is 8.19. The Morgan fingerprint density at radius 2 is 1.84 bits per heavy atom. The summed E-state index contributed by atoms with van der Waals surface area (Å²) in [7, 11) is 0. The van der Waals surface area contributed by atoms with Crippen LogP contribution in [-0.2, 0) is 6.54 Å². The molecule has 1 unspecified atom stereocenters. The van der Waals surface area contributed by atoms with Gasteiger partial charge in [-0.15, -0.1) is 0 Å². The van der Waals surface area contributed by atoms with Crippen molar-refractivity contribution in [2.45, 2.75) is 77.2 Å². The molecule has 166 valence electrons. The predicted molar refractivity (Wildman–Crippen MR) is 129 cm³/mol. The van der Waals surface area contributed by atoms with Crippen LogP contribution in [0, 0.1) is 17.3 Å². The number of hydrogen-bond acceptors (Lipinski definition) is 2. The number of rotatable bonds is 3. The van der Waals surface area contributed by atoms with Gasteiger partial charge in [0.25, 0.3) is 0 Å². The normalized spacial score (nSPS) is 35.9. The third-order valence-corrected chi connectivity index (χ3v) is 9.67. The third-order valence-electron chi connectivity index (χ3n) is 9.67. The first-order chi connectivity index (χ1) is 15.2. The first-order valence-electron chi connectivity index (χ1n) is 13.2. The summed E-state index contributed by atoms with van der Waals surface area (Å²) in [5.41, 5.74) is 9.15. The van der Waals surface area contributed by atoms with Crippen molar-refractivity contribution in [2.75, 3.05) is 26.2 Å². The van der Waals surface area contributed by atoms with Crippen molar-refractivity contribution >= 4 is 0 Å². The lowest BCUT2D eigenvalue weighted by Gasteiger charge is -2.48. The third kappa shape index (κ3) is 3.64. The van der Waals surface area contributed by atoms with Crippen molar-refractivity contribution in [1.82, 2.24) is 10.2 Å². The fraction of sp³-hybridized carbons (Fsp3) is 0.655. The van der Waals surface area contributed by atoms with E-state index in [-0.39, 0.29) is 0 Å². The average Bonchev–Trinajstić information content (AvgIpc) is 3.21. The zero-order valence-electron chi connectivity index (χ0n) is 19.5. The summed E-state index contributed by atoms with van der Waals surface area (Å²) in [5.74, 6) is 2.51. The van der Waals surface area contributed by atoms with Crippen LogP contribution < -0.4 is 5.32 Å². The van der Waals surface area contributed by atoms with Crippen LogP contribution >= 0.6 is 0 Å². The van der Waals surface area contributed by atoms with E-state index in [1.165, 1.54) is 76.4 Å². The van der Waals surface area contributed by atoms with E-state index in [4.69, 9.17) is 0 Å². The van der Waals surface area contributed by atoms with Gasteiger partial charge in [0.1, 0.15) is 0 Å². The molecule has 2 nitrogen and oxygen atoms in total. The van der Waals surface area contributed by atoms with Crippen LogP contribution in [0.5, 0.6) is 0 Å². The van der Waals surface area contributed by atoms with Gasteiger partial charge in [-0.25, -0.2) is 0 Å². The lowest BCUT2D eigenvalue weighted by Crippen LogP contribution is -2.42. The molecule has 4 atom stereocenters. The molecular weight excluding hydrogens is 376 g/mol. The topological polar surface area (TPSA) is 15.3 Å². The Kier molecular flexibility index (Phi) is 5.35. The molecule has 0 bridgehead atoms. The minimum absolute atomic E-state index is 0.645. The van der Waals surface area contributed by atoms with Gasteiger partial charge >= 0.3 is 0 Å². The van der Waals surface area contributed by atoms with Gasteiger partial charge < -0.3 is 5.32 Å². The van der Waals surface area contributed by atoms with Crippen molar-refractivity contribution in [3.63, 3.8) is 0 Å². The van der Waals surface area contributed by atoms with E-state index in [2.05, 4.69) is 47.5 Å². The van der Waals surface area contributed by atoms with Crippen LogP contribution in [0.15, 0.2) is 47.1 Å². The number of nitrogens with zero attached hydrogens (tertiary/aromatic N) is 1. The van der Waals surface area contributed by atoms with Crippen LogP contribution in [0.4, 0.5) is 0 Å². The van der Waals surface area contributed by atoms with Gasteiger partial charge in [-0.2, -0.15) is 0 Å². The van der Waals surface area contributed by atoms with E-state index in [1.54, 1.807) is 11.1 Å². The summed E-state index contributed by atoms with van der Waals surface area (Å²) < 4.78 is 0. The number of hydrogen-bond donors (Lipinski definition) is 1. The van der Waals surface area contributed by atoms with E-state index in [9.17, 15) is 0 Å². The lowest BCUT2D eigenvalue weighted by molar-refractivity contribution is 0.118. The summed E-state index contributed by atoms with van der Waals surface area (Å²) in [4.78, 5) is 2.59. The second-order valence-electron chi connectivity index (χ2n) is 11.4. The molecule has 5 aliphatic rings. The predicted octanol–water partition coefficient (Wildman–Crippen LogP) is 6.20. The summed E-state index contributed by atoms with van der Waals surface area (Å²) >= 11 is 0. The molecule has 1 aromatic rings. The first-order valence-corrected chi connectivity index (χ1v) is 13.2. The second-order valence-corrected chi connectivity index (χ2v) is 11.4. The molecule has 1 aromatic carbocycles. The zero-order chi connectivity index (χ0) is 20.8. The van der Waals surface area contributed by atoms with Gasteiger partial charge in [0, 0.05) is 38.6 Å². The molecule has 31 heavy (non-hydrogen) atoms. The Bertz CT molecular complexity index is 873. The number of piperazine rings is 1. The smallest absolute Gasteiger partial charge is 0.0234 e. The van der Waals surface area contributed by atoms with Gasteiger partial charge in [0.05, 0.1) is 0 Å². The molecule has 1 aliphatic heterocycles. The molecule has 1 heterocycles. The van der Waals surface area contributed by atoms with E-state index < -0.39 is 0 Å². The lowest BCUT2D eigenvalue weighted by atomic mass is 9.56. The average molecular weight is 417 g/mol. The summed E-state index contributed by atoms with van der Waals surface area (Å²) in [6.45, 7) is 8.34. The number of allylic oxidation sites excluding steroid dienone is 4. The van der Waals surface area contributed by atoms with Crippen LogP contribution in [0.2, 0.25) is 0 Å². The first kappa shape index (κ1) is 20.2. The molecule has 0 amide bonds. The molecular formula is C29H40N2. The molecule has 3 fully saturated rings. The SMILES string of the molecule is C[C@@]12CCC[C@H]1[C@@H]1CCC3=CCCC(c4ccc(CN5CCNCC5)cc4)C3=C1CC2. The van der Waals surface area contributed by atoms with E-state index in [1.807, 2.05) is 11.1 Å². The number of fused-ring (bicyclic) bond motifs is 4. The van der Waals surface area contributed by atoms with Crippen LogP contribution in [-0.4, -0.2) is 31.1 Å². The molecule has 1 saturated heterocycles. The van der Waals surface area contributed by atoms with E-state index in [0.29, 0.717) is 11.3 Å². The van der Waals surface area contributed by atoms with E-state index >= 15 is 0 Å². The highest BCUT2D eigenvalue weighted by Crippen LogP contribution is 2.61. The minimum atomic E-state index is 0.645. The standard InChI is InChI=1S/C29H40N2/c1-29-14-3-6-27(29)25-12-11-23-4-2-5-24(28(23)26(25)13-15-29)22-9-7-21(8-10-22)20-31-18-16-30-17-19-31/h4,7-10,24-25,27,30H,2-3,5-6,11-20H2,1H3/t24?,25-,27+,29+/m1/s1. The van der Waals surface area contributed by atoms with Crippen LogP contribution in [0.25, 0.3) is 0 Å². The molecule has 0 aromatic heterocycles. The Morgan fingerprint density at radius 1 is 1.00 bits per heavy atom. The quantitative estimate of drug-likeness (QED) is 0.631. The Hall–Kier alpha value is -1.38. The summed E-state index contributed by atoms with van der Waals surface area (Å²) in [5, 5.41) is 3.47. The van der Waals surface area contributed by atoms with Gasteiger partial charge in [-0.3, -0.25) is 4.90 Å². The summed E-state index contributed by atoms with van der Waals surface area (Å²) in [6.07, 6.45) is 15.2. The van der Waals surface area contributed by atoms with Crippen molar-refractivity contribution in [2.24, 2.45) is 17.3 Å². The maximum absolute atomic E-state index is 3.47. The van der Waals surface area contributed by atoms with Crippen molar-refractivity contribution in [3.05, 3.63) is 58.2 Å². The molecule has 1 N–H and O–H groups in total. The Labute approximate surface area is 189 Å². The van der Waals surface area contributed by atoms with Crippen molar-refractivity contribution in [3.8, 4) is 0 Å². The zero-order valence-corrected chi connectivity index (χ0v) is 19.5. The molecule has 2 saturated carbocycles. The summed E-state index contributed by atoms with van der Waals surface area (Å²) in [6, 6.07) is 9.81. The maximum atomic E-state index is 3.47. The molecule has 0 spiro atoms. The van der Waals surface area contributed by atoms with Gasteiger partial charge in [0.15, 0.2) is 0 Å². The largest absolute Gasteiger partial charge is 0.314 e. The molecule has 6 rings (SSSR count). The fourth-order valence-corrected chi connectivity index (χ4v) is 8.01. The van der Waals surface area contributed by atoms with Gasteiger partial charge in [-0.1, -0.05) is 49.3 Å². The van der Waals surface area contributed by atoms with Crippen molar-refractivity contribution < 1.29 is 0 Å². The Morgan fingerprint density at radius 3 is 2.68 bits per heavy atom. The highest BCUT2D eigenvalue weighted by Gasteiger charge is 2.49. The van der Waals surface area contributed by atoms with Gasteiger partial charge in [0.2, 0.25) is 0 Å². The molecule has 4 aliphatic carbocycles. The monoisotopic (exact) mass is 416 g/mol. The van der Waals surface area contributed by atoms with Crippen LogP contribution in [0.1, 0.15) is 81.8 Å². The minimum Gasteiger partial charge on any atom is -0.314 e. The van der Waals surface area contributed by atoms with E-state index in [0.717, 1.165) is 31.5 Å². The molecule has 2 heteroatoms. The highest BCUT2D eigenvalue weighted by molar-refractivity contribution is 5.50. The number of nitrogens with one attached hydrogen (secondary N) is 1. The highest BCUT2D eigenvalue weighted by atomic mass is 15.2. The molecule has 0 radical (unpaired) electrons. The number of benzene rings is 1. The van der Waals surface area contributed by atoms with Gasteiger partial charge in [-0.05, 0) is 90.9 Å². The fourth-order valence-electron chi connectivity index (χ4n) is 8.01. The maximum Gasteiger partial charge on any atom is 0.0234 e. The van der Waals surface area contributed by atoms with Crippen LogP contribution in [0.3, 0.4) is 0 Å². The van der Waals surface area contributed by atoms with Crippen molar-refractivity contribution in [1.29, 1.82) is 0 Å².